The molecule has 0 saturated carbocycles. The van der Waals surface area contributed by atoms with E-state index >= 15 is 0 Å². The average molecular weight is 298 g/mol. The highest BCUT2D eigenvalue weighted by molar-refractivity contribution is 6.73. The van der Waals surface area contributed by atoms with Crippen LogP contribution in [0.2, 0.25) is 18.1 Å². The van der Waals surface area contributed by atoms with Crippen molar-refractivity contribution in [3.05, 3.63) is 24.0 Å². The van der Waals surface area contributed by atoms with Gasteiger partial charge in [0.25, 0.3) is 0 Å². The molecule has 0 amide bonds. The first-order valence-corrected chi connectivity index (χ1v) is 10.2. The molecular formula is C16H30O3Si. The average Bonchev–Trinajstić information content (AvgIpc) is 2.46. The second-order valence-corrected chi connectivity index (χ2v) is 9.58. The molecule has 116 valence electrons. The van der Waals surface area contributed by atoms with Crippen LogP contribution in [-0.4, -0.2) is 20.9 Å². The molecule has 0 aliphatic heterocycles. The second kappa shape index (κ2) is 9.81. The normalized spacial score (nSPS) is 12.2. The van der Waals surface area contributed by atoms with E-state index in [1.807, 2.05) is 19.9 Å². The minimum atomic E-state index is -1.69. The zero-order valence-electron chi connectivity index (χ0n) is 13.8. The summed E-state index contributed by atoms with van der Waals surface area (Å²) in [4.78, 5) is 11.4. The van der Waals surface area contributed by atoms with Crippen LogP contribution in [0, 0.1) is 0 Å². The number of allylic oxidation sites excluding steroid dienone is 2. The molecule has 0 bridgehead atoms. The van der Waals surface area contributed by atoms with Gasteiger partial charge in [-0.05, 0) is 44.0 Å². The fourth-order valence-electron chi connectivity index (χ4n) is 2.21. The van der Waals surface area contributed by atoms with Gasteiger partial charge < -0.3 is 9.16 Å². The Hall–Kier alpha value is -1.03. The van der Waals surface area contributed by atoms with Crippen LogP contribution in [0.25, 0.3) is 0 Å². The summed E-state index contributed by atoms with van der Waals surface area (Å²) in [5.74, 6) is 0.582. The molecular weight excluding hydrogens is 268 g/mol. The Bertz CT molecular complexity index is 335. The Morgan fingerprint density at radius 1 is 1.10 bits per heavy atom. The van der Waals surface area contributed by atoms with Crippen LogP contribution in [0.5, 0.6) is 0 Å². The first-order valence-electron chi connectivity index (χ1n) is 7.67. The van der Waals surface area contributed by atoms with Gasteiger partial charge >= 0.3 is 5.97 Å². The van der Waals surface area contributed by atoms with Gasteiger partial charge in [-0.2, -0.15) is 0 Å². The van der Waals surface area contributed by atoms with Crippen molar-refractivity contribution >= 4 is 14.3 Å². The van der Waals surface area contributed by atoms with Crippen molar-refractivity contribution in [2.45, 2.75) is 65.6 Å². The zero-order valence-corrected chi connectivity index (χ0v) is 14.8. The van der Waals surface area contributed by atoms with Gasteiger partial charge in [-0.25, -0.2) is 0 Å². The summed E-state index contributed by atoms with van der Waals surface area (Å²) in [5, 5.41) is 0. The molecule has 0 unspecified atom stereocenters. The summed E-state index contributed by atoms with van der Waals surface area (Å²) in [6.45, 7) is 14.9. The standard InChI is InChI=1S/C16H30O3Si/c1-7-15(12-13-16(17)18-8-2)14(6)19-20(9-3,10-4)11-5/h7H,6,8-13H2,1-5H3/b15-7-. The summed E-state index contributed by atoms with van der Waals surface area (Å²) in [7, 11) is -1.69. The molecule has 0 radical (unpaired) electrons. The zero-order chi connectivity index (χ0) is 15.6. The number of hydrogen-bond donors (Lipinski definition) is 0. The van der Waals surface area contributed by atoms with E-state index in [9.17, 15) is 4.79 Å². The third-order valence-electron chi connectivity index (χ3n) is 3.88. The summed E-state index contributed by atoms with van der Waals surface area (Å²) >= 11 is 0. The summed E-state index contributed by atoms with van der Waals surface area (Å²) in [6, 6.07) is 3.27. The number of esters is 1. The van der Waals surface area contributed by atoms with Gasteiger partial charge in [-0.3, -0.25) is 4.79 Å². The van der Waals surface area contributed by atoms with Crippen LogP contribution < -0.4 is 0 Å². The van der Waals surface area contributed by atoms with Crippen LogP contribution in [0.15, 0.2) is 24.0 Å². The van der Waals surface area contributed by atoms with E-state index in [4.69, 9.17) is 9.16 Å². The highest BCUT2D eigenvalue weighted by Crippen LogP contribution is 2.28. The topological polar surface area (TPSA) is 35.5 Å². The maximum Gasteiger partial charge on any atom is 0.306 e. The first-order chi connectivity index (χ1) is 9.48. The second-order valence-electron chi connectivity index (χ2n) is 4.89. The maximum atomic E-state index is 11.4. The smallest absolute Gasteiger partial charge is 0.306 e. The fourth-order valence-corrected chi connectivity index (χ4v) is 4.79. The maximum absolute atomic E-state index is 11.4. The van der Waals surface area contributed by atoms with Gasteiger partial charge in [-0.1, -0.05) is 33.4 Å². The molecule has 0 fully saturated rings. The van der Waals surface area contributed by atoms with Crippen molar-refractivity contribution in [1.82, 2.24) is 0 Å². The van der Waals surface area contributed by atoms with Crippen molar-refractivity contribution < 1.29 is 14.0 Å². The predicted molar refractivity (Wildman–Crippen MR) is 87.0 cm³/mol. The molecule has 0 heterocycles. The lowest BCUT2D eigenvalue weighted by Crippen LogP contribution is -2.35. The third kappa shape index (κ3) is 5.95. The van der Waals surface area contributed by atoms with Crippen molar-refractivity contribution in [2.75, 3.05) is 6.61 Å². The molecule has 0 aliphatic rings. The van der Waals surface area contributed by atoms with E-state index in [0.29, 0.717) is 19.4 Å². The Balaban J connectivity index is 4.60. The lowest BCUT2D eigenvalue weighted by molar-refractivity contribution is -0.143. The van der Waals surface area contributed by atoms with E-state index in [1.54, 1.807) is 0 Å². The molecule has 0 atom stereocenters. The van der Waals surface area contributed by atoms with Gasteiger partial charge in [0.05, 0.1) is 12.4 Å². The molecule has 3 nitrogen and oxygen atoms in total. The number of hydrogen-bond acceptors (Lipinski definition) is 3. The van der Waals surface area contributed by atoms with Crippen molar-refractivity contribution in [1.29, 1.82) is 0 Å². The lowest BCUT2D eigenvalue weighted by Gasteiger charge is -2.30. The quantitative estimate of drug-likeness (QED) is 0.251. The van der Waals surface area contributed by atoms with Crippen LogP contribution in [0.3, 0.4) is 0 Å². The molecule has 0 aromatic heterocycles. The molecule has 0 N–H and O–H groups in total. The minimum absolute atomic E-state index is 0.162. The van der Waals surface area contributed by atoms with Gasteiger partial charge in [0.2, 0.25) is 8.32 Å². The molecule has 4 heteroatoms. The van der Waals surface area contributed by atoms with Gasteiger partial charge in [0.1, 0.15) is 0 Å². The minimum Gasteiger partial charge on any atom is -0.544 e. The highest BCUT2D eigenvalue weighted by atomic mass is 28.4. The Morgan fingerprint density at radius 2 is 1.65 bits per heavy atom. The van der Waals surface area contributed by atoms with Crippen LogP contribution in [0.1, 0.15) is 47.5 Å². The summed E-state index contributed by atoms with van der Waals surface area (Å²) in [5.41, 5.74) is 1.02. The molecule has 0 rings (SSSR count). The highest BCUT2D eigenvalue weighted by Gasteiger charge is 2.31. The first kappa shape index (κ1) is 19.0. The summed E-state index contributed by atoms with van der Waals surface area (Å²) < 4.78 is 11.2. The van der Waals surface area contributed by atoms with Crippen molar-refractivity contribution in [3.63, 3.8) is 0 Å². The molecule has 20 heavy (non-hydrogen) atoms. The van der Waals surface area contributed by atoms with E-state index in [0.717, 1.165) is 29.5 Å². The Labute approximate surface area is 125 Å². The Kier molecular flexibility index (Phi) is 9.30. The SMILES string of the molecule is C=C(O[Si](CC)(CC)CC)/C(=C\C)CCC(=O)OCC. The molecule has 0 aromatic carbocycles. The molecule has 0 aliphatic carbocycles. The molecule has 0 aromatic rings. The number of ether oxygens (including phenoxy) is 1. The molecule has 0 spiro atoms. The lowest BCUT2D eigenvalue weighted by atomic mass is 10.1. The largest absolute Gasteiger partial charge is 0.544 e. The Morgan fingerprint density at radius 3 is 2.05 bits per heavy atom. The van der Waals surface area contributed by atoms with Crippen molar-refractivity contribution in [3.8, 4) is 0 Å². The van der Waals surface area contributed by atoms with Crippen molar-refractivity contribution in [2.24, 2.45) is 0 Å². The van der Waals surface area contributed by atoms with Crippen LogP contribution in [0.4, 0.5) is 0 Å². The van der Waals surface area contributed by atoms with Gasteiger partial charge in [0.15, 0.2) is 0 Å². The monoisotopic (exact) mass is 298 g/mol. The van der Waals surface area contributed by atoms with Crippen LogP contribution >= 0.6 is 0 Å². The van der Waals surface area contributed by atoms with E-state index in [1.165, 1.54) is 0 Å². The van der Waals surface area contributed by atoms with Gasteiger partial charge in [-0.15, -0.1) is 0 Å². The van der Waals surface area contributed by atoms with Gasteiger partial charge in [0, 0.05) is 6.42 Å². The molecule has 0 saturated heterocycles. The number of carbonyl (C=O) groups excluding carboxylic acids is 1. The van der Waals surface area contributed by atoms with Crippen LogP contribution in [-0.2, 0) is 14.0 Å². The van der Waals surface area contributed by atoms with E-state index in [-0.39, 0.29) is 5.97 Å². The van der Waals surface area contributed by atoms with E-state index in [2.05, 4.69) is 27.4 Å². The number of rotatable bonds is 10. The number of carbonyl (C=O) groups is 1. The summed E-state index contributed by atoms with van der Waals surface area (Å²) in [6.07, 6.45) is 3.01. The third-order valence-corrected chi connectivity index (χ3v) is 8.43. The predicted octanol–water partition coefficient (Wildman–Crippen LogP) is 4.81. The fraction of sp³-hybridized carbons (Fsp3) is 0.688. The van der Waals surface area contributed by atoms with E-state index < -0.39 is 8.32 Å².